The number of rotatable bonds is 9. The van der Waals surface area contributed by atoms with Gasteiger partial charge in [0.15, 0.2) is 11.7 Å². The van der Waals surface area contributed by atoms with Gasteiger partial charge in [-0.3, -0.25) is 9.79 Å². The van der Waals surface area contributed by atoms with Crippen LogP contribution in [0.4, 0.5) is 0 Å². The first-order valence-corrected chi connectivity index (χ1v) is 7.92. The van der Waals surface area contributed by atoms with E-state index in [-0.39, 0.29) is 5.76 Å². The molecule has 1 amide bonds. The molecule has 0 aliphatic heterocycles. The van der Waals surface area contributed by atoms with E-state index in [1.54, 1.807) is 19.2 Å². The standard InChI is InChI=1S/C16H28N4O2/c1-4-5-6-7-8-12(2)20-16(18-3)19-11-13-9-10-14(22-13)15(17)21/h9-10,12H,4-8,11H2,1-3H3,(H2,17,21)(H2,18,19,20). The van der Waals surface area contributed by atoms with E-state index in [9.17, 15) is 4.79 Å². The first kappa shape index (κ1) is 18.1. The SMILES string of the molecule is CCCCCCC(C)NC(=NC)NCc1ccc(C(N)=O)o1. The summed E-state index contributed by atoms with van der Waals surface area (Å²) in [5.74, 6) is 0.978. The molecule has 0 aliphatic carbocycles. The van der Waals surface area contributed by atoms with Gasteiger partial charge in [0.25, 0.3) is 5.91 Å². The zero-order valence-electron chi connectivity index (χ0n) is 13.8. The fraction of sp³-hybridized carbons (Fsp3) is 0.625. The van der Waals surface area contributed by atoms with Gasteiger partial charge in [0.2, 0.25) is 0 Å². The van der Waals surface area contributed by atoms with Crippen molar-refractivity contribution in [1.82, 2.24) is 10.6 Å². The summed E-state index contributed by atoms with van der Waals surface area (Å²) in [5, 5.41) is 6.51. The van der Waals surface area contributed by atoms with Crippen molar-refractivity contribution in [2.24, 2.45) is 10.7 Å². The molecule has 0 saturated heterocycles. The average molecular weight is 308 g/mol. The number of amides is 1. The molecule has 1 aromatic heterocycles. The molecular weight excluding hydrogens is 280 g/mol. The van der Waals surface area contributed by atoms with Gasteiger partial charge in [0.1, 0.15) is 5.76 Å². The lowest BCUT2D eigenvalue weighted by Crippen LogP contribution is -2.41. The topological polar surface area (TPSA) is 92.6 Å². The molecule has 1 heterocycles. The van der Waals surface area contributed by atoms with Crippen molar-refractivity contribution in [3.8, 4) is 0 Å². The number of hydrogen-bond acceptors (Lipinski definition) is 3. The number of hydrogen-bond donors (Lipinski definition) is 3. The third-order valence-corrected chi connectivity index (χ3v) is 3.43. The van der Waals surface area contributed by atoms with Gasteiger partial charge in [-0.25, -0.2) is 0 Å². The van der Waals surface area contributed by atoms with Crippen molar-refractivity contribution in [2.75, 3.05) is 7.05 Å². The lowest BCUT2D eigenvalue weighted by Gasteiger charge is -2.17. The van der Waals surface area contributed by atoms with E-state index in [1.807, 2.05) is 0 Å². The van der Waals surface area contributed by atoms with Crippen molar-refractivity contribution in [1.29, 1.82) is 0 Å². The third kappa shape index (κ3) is 6.65. The van der Waals surface area contributed by atoms with Gasteiger partial charge in [0, 0.05) is 13.1 Å². The minimum absolute atomic E-state index is 0.170. The van der Waals surface area contributed by atoms with Gasteiger partial charge in [-0.2, -0.15) is 0 Å². The molecule has 0 radical (unpaired) electrons. The fourth-order valence-electron chi connectivity index (χ4n) is 2.15. The van der Waals surface area contributed by atoms with Crippen LogP contribution in [0.5, 0.6) is 0 Å². The van der Waals surface area contributed by atoms with Gasteiger partial charge in [0.05, 0.1) is 6.54 Å². The van der Waals surface area contributed by atoms with Crippen LogP contribution >= 0.6 is 0 Å². The van der Waals surface area contributed by atoms with Crippen molar-refractivity contribution in [2.45, 2.75) is 58.5 Å². The number of carbonyl (C=O) groups excluding carboxylic acids is 1. The Labute approximate surface area is 132 Å². The highest BCUT2D eigenvalue weighted by molar-refractivity contribution is 5.89. The van der Waals surface area contributed by atoms with Crippen molar-refractivity contribution < 1.29 is 9.21 Å². The molecule has 6 heteroatoms. The van der Waals surface area contributed by atoms with Crippen LogP contribution in [-0.4, -0.2) is 25.0 Å². The van der Waals surface area contributed by atoms with E-state index in [2.05, 4.69) is 29.5 Å². The van der Waals surface area contributed by atoms with E-state index in [1.165, 1.54) is 25.7 Å². The zero-order valence-corrected chi connectivity index (χ0v) is 13.8. The Bertz CT molecular complexity index is 482. The first-order valence-electron chi connectivity index (χ1n) is 7.92. The zero-order chi connectivity index (χ0) is 16.4. The Morgan fingerprint density at radius 3 is 2.73 bits per heavy atom. The Balaban J connectivity index is 2.33. The quantitative estimate of drug-likeness (QED) is 0.371. The molecule has 0 aromatic carbocycles. The van der Waals surface area contributed by atoms with Gasteiger partial charge < -0.3 is 20.8 Å². The first-order chi connectivity index (χ1) is 10.6. The van der Waals surface area contributed by atoms with Crippen LogP contribution in [0.25, 0.3) is 0 Å². The van der Waals surface area contributed by atoms with E-state index in [0.717, 1.165) is 12.4 Å². The molecule has 1 aromatic rings. The van der Waals surface area contributed by atoms with Crippen molar-refractivity contribution in [3.63, 3.8) is 0 Å². The second-order valence-electron chi connectivity index (χ2n) is 5.45. The summed E-state index contributed by atoms with van der Waals surface area (Å²) in [6.07, 6.45) is 6.16. The maximum atomic E-state index is 11.0. The number of carbonyl (C=O) groups is 1. The van der Waals surface area contributed by atoms with Crippen LogP contribution < -0.4 is 16.4 Å². The Hall–Kier alpha value is -1.98. The summed E-state index contributed by atoms with van der Waals surface area (Å²) in [5.41, 5.74) is 5.15. The maximum Gasteiger partial charge on any atom is 0.284 e. The molecule has 0 fully saturated rings. The van der Waals surface area contributed by atoms with Crippen molar-refractivity contribution in [3.05, 3.63) is 23.7 Å². The monoisotopic (exact) mass is 308 g/mol. The van der Waals surface area contributed by atoms with Crippen LogP contribution in [0.15, 0.2) is 21.5 Å². The van der Waals surface area contributed by atoms with Crippen LogP contribution in [0.2, 0.25) is 0 Å². The number of primary amides is 1. The number of nitrogens with two attached hydrogens (primary N) is 1. The van der Waals surface area contributed by atoms with Gasteiger partial charge in [-0.05, 0) is 25.5 Å². The summed E-state index contributed by atoms with van der Waals surface area (Å²) in [7, 11) is 1.73. The lowest BCUT2D eigenvalue weighted by molar-refractivity contribution is 0.0972. The van der Waals surface area contributed by atoms with Gasteiger partial charge in [-0.1, -0.05) is 32.6 Å². The molecule has 6 nitrogen and oxygen atoms in total. The third-order valence-electron chi connectivity index (χ3n) is 3.43. The number of aliphatic imine (C=N–C) groups is 1. The predicted octanol–water partition coefficient (Wildman–Crippen LogP) is 2.40. The summed E-state index contributed by atoms with van der Waals surface area (Å²) >= 11 is 0. The van der Waals surface area contributed by atoms with Gasteiger partial charge in [-0.15, -0.1) is 0 Å². The normalized spacial score (nSPS) is 13.0. The highest BCUT2D eigenvalue weighted by atomic mass is 16.3. The molecule has 0 spiro atoms. The molecule has 1 atom stereocenters. The number of nitrogens with zero attached hydrogens (tertiary/aromatic N) is 1. The molecular formula is C16H28N4O2. The Kier molecular flexibility index (Phi) is 8.10. The van der Waals surface area contributed by atoms with Gasteiger partial charge >= 0.3 is 0 Å². The molecule has 0 aliphatic rings. The minimum atomic E-state index is -0.561. The smallest absolute Gasteiger partial charge is 0.284 e. The Morgan fingerprint density at radius 2 is 2.14 bits per heavy atom. The predicted molar refractivity (Wildman–Crippen MR) is 88.8 cm³/mol. The number of furan rings is 1. The largest absolute Gasteiger partial charge is 0.454 e. The lowest BCUT2D eigenvalue weighted by atomic mass is 10.1. The number of unbranched alkanes of at least 4 members (excludes halogenated alkanes) is 3. The summed E-state index contributed by atoms with van der Waals surface area (Å²) in [6, 6.07) is 3.67. The van der Waals surface area contributed by atoms with Crippen LogP contribution in [0.1, 0.15) is 62.3 Å². The maximum absolute atomic E-state index is 11.0. The molecule has 124 valence electrons. The van der Waals surface area contributed by atoms with Crippen LogP contribution in [0.3, 0.4) is 0 Å². The second-order valence-corrected chi connectivity index (χ2v) is 5.45. The number of nitrogens with one attached hydrogen (secondary N) is 2. The fourth-order valence-corrected chi connectivity index (χ4v) is 2.15. The summed E-state index contributed by atoms with van der Waals surface area (Å²) in [6.45, 7) is 4.82. The minimum Gasteiger partial charge on any atom is -0.454 e. The molecule has 1 rings (SSSR count). The summed E-state index contributed by atoms with van der Waals surface area (Å²) in [4.78, 5) is 15.2. The van der Waals surface area contributed by atoms with Crippen LogP contribution in [0, 0.1) is 0 Å². The highest BCUT2D eigenvalue weighted by Crippen LogP contribution is 2.07. The highest BCUT2D eigenvalue weighted by Gasteiger charge is 2.09. The van der Waals surface area contributed by atoms with E-state index in [0.29, 0.717) is 18.3 Å². The molecule has 22 heavy (non-hydrogen) atoms. The van der Waals surface area contributed by atoms with E-state index < -0.39 is 5.91 Å². The summed E-state index contributed by atoms with van der Waals surface area (Å²) < 4.78 is 5.32. The Morgan fingerprint density at radius 1 is 1.36 bits per heavy atom. The second kappa shape index (κ2) is 9.87. The van der Waals surface area contributed by atoms with Crippen LogP contribution in [-0.2, 0) is 6.54 Å². The molecule has 0 bridgehead atoms. The molecule has 4 N–H and O–H groups in total. The van der Waals surface area contributed by atoms with E-state index >= 15 is 0 Å². The number of guanidine groups is 1. The van der Waals surface area contributed by atoms with E-state index in [4.69, 9.17) is 10.2 Å². The van der Waals surface area contributed by atoms with Crippen molar-refractivity contribution >= 4 is 11.9 Å². The molecule has 0 saturated carbocycles. The molecule has 1 unspecified atom stereocenters. The average Bonchev–Trinajstić information content (AvgIpc) is 2.97.